The van der Waals surface area contributed by atoms with Gasteiger partial charge in [-0.2, -0.15) is 0 Å². The predicted molar refractivity (Wildman–Crippen MR) is 112 cm³/mol. The van der Waals surface area contributed by atoms with Gasteiger partial charge in [-0.25, -0.2) is 4.98 Å². The van der Waals surface area contributed by atoms with Gasteiger partial charge in [0, 0.05) is 6.61 Å². The normalized spacial score (nSPS) is 17.4. The van der Waals surface area contributed by atoms with Crippen molar-refractivity contribution < 1.29 is 14.3 Å². The van der Waals surface area contributed by atoms with Crippen LogP contribution in [0.5, 0.6) is 5.75 Å². The van der Waals surface area contributed by atoms with Crippen molar-refractivity contribution in [2.24, 2.45) is 0 Å². The van der Waals surface area contributed by atoms with E-state index in [9.17, 15) is 4.79 Å². The number of carbonyl (C=O) groups is 1. The number of nitrogens with zero attached hydrogens (tertiary/aromatic N) is 2. The monoisotopic (exact) mass is 413 g/mol. The van der Waals surface area contributed by atoms with Crippen molar-refractivity contribution in [3.05, 3.63) is 59.4 Å². The molecule has 2 unspecified atom stereocenters. The summed E-state index contributed by atoms with van der Waals surface area (Å²) in [5.74, 6) is 1.36. The van der Waals surface area contributed by atoms with Gasteiger partial charge in [-0.3, -0.25) is 4.79 Å². The summed E-state index contributed by atoms with van der Waals surface area (Å²) < 4.78 is 13.5. The SMILES string of the molecule is CC(NC(=O)C1CCCO1)c1nc2ccccc2n1CCOc1ccccc1Cl. The van der Waals surface area contributed by atoms with Crippen LogP contribution < -0.4 is 10.1 Å². The van der Waals surface area contributed by atoms with Crippen LogP contribution in [0.25, 0.3) is 11.0 Å². The highest BCUT2D eigenvalue weighted by Crippen LogP contribution is 2.25. The quantitative estimate of drug-likeness (QED) is 0.632. The molecule has 1 N–H and O–H groups in total. The van der Waals surface area contributed by atoms with E-state index in [1.165, 1.54) is 0 Å². The summed E-state index contributed by atoms with van der Waals surface area (Å²) in [7, 11) is 0. The maximum atomic E-state index is 12.5. The highest BCUT2D eigenvalue weighted by molar-refractivity contribution is 6.32. The van der Waals surface area contributed by atoms with E-state index in [0.29, 0.717) is 30.5 Å². The molecule has 0 spiro atoms. The molecule has 1 amide bonds. The number of carbonyl (C=O) groups excluding carboxylic acids is 1. The average Bonchev–Trinajstić information content (AvgIpc) is 3.38. The topological polar surface area (TPSA) is 65.4 Å². The van der Waals surface area contributed by atoms with Crippen molar-refractivity contribution in [3.8, 4) is 5.75 Å². The predicted octanol–water partition coefficient (Wildman–Crippen LogP) is 4.12. The summed E-state index contributed by atoms with van der Waals surface area (Å²) in [6.45, 7) is 3.61. The third-order valence-electron chi connectivity index (χ3n) is 5.06. The van der Waals surface area contributed by atoms with E-state index in [1.54, 1.807) is 6.07 Å². The average molecular weight is 414 g/mol. The third kappa shape index (κ3) is 4.38. The van der Waals surface area contributed by atoms with Crippen LogP contribution in [0.2, 0.25) is 5.02 Å². The van der Waals surface area contributed by atoms with Gasteiger partial charge < -0.3 is 19.4 Å². The minimum Gasteiger partial charge on any atom is -0.490 e. The second-order valence-corrected chi connectivity index (χ2v) is 7.53. The van der Waals surface area contributed by atoms with Crippen LogP contribution in [0.3, 0.4) is 0 Å². The first-order valence-electron chi connectivity index (χ1n) is 9.88. The lowest BCUT2D eigenvalue weighted by Gasteiger charge is -2.18. The molecule has 1 aliphatic heterocycles. The van der Waals surface area contributed by atoms with Gasteiger partial charge in [0.05, 0.1) is 28.6 Å². The van der Waals surface area contributed by atoms with E-state index in [4.69, 9.17) is 26.1 Å². The lowest BCUT2D eigenvalue weighted by Crippen LogP contribution is -2.36. The van der Waals surface area contributed by atoms with E-state index >= 15 is 0 Å². The van der Waals surface area contributed by atoms with Crippen molar-refractivity contribution in [3.63, 3.8) is 0 Å². The van der Waals surface area contributed by atoms with Crippen molar-refractivity contribution in [2.45, 2.75) is 38.5 Å². The Hall–Kier alpha value is -2.57. The molecule has 4 rings (SSSR count). The molecule has 1 saturated heterocycles. The number of benzene rings is 2. The highest BCUT2D eigenvalue weighted by atomic mass is 35.5. The fourth-order valence-electron chi connectivity index (χ4n) is 3.62. The molecule has 6 nitrogen and oxygen atoms in total. The fourth-order valence-corrected chi connectivity index (χ4v) is 3.81. The smallest absolute Gasteiger partial charge is 0.249 e. The van der Waals surface area contributed by atoms with Crippen LogP contribution in [-0.4, -0.2) is 34.8 Å². The van der Waals surface area contributed by atoms with Gasteiger partial charge in [-0.15, -0.1) is 0 Å². The van der Waals surface area contributed by atoms with Crippen molar-refractivity contribution in [1.82, 2.24) is 14.9 Å². The molecule has 1 fully saturated rings. The van der Waals surface area contributed by atoms with Crippen molar-refractivity contribution >= 4 is 28.5 Å². The molecular formula is C22H24ClN3O3. The molecule has 0 saturated carbocycles. The van der Waals surface area contributed by atoms with Gasteiger partial charge in [-0.1, -0.05) is 35.9 Å². The van der Waals surface area contributed by atoms with E-state index in [1.807, 2.05) is 49.4 Å². The molecule has 29 heavy (non-hydrogen) atoms. The molecule has 2 atom stereocenters. The number of hydrogen-bond acceptors (Lipinski definition) is 4. The Morgan fingerprint density at radius 1 is 1.31 bits per heavy atom. The lowest BCUT2D eigenvalue weighted by molar-refractivity contribution is -0.130. The first-order chi connectivity index (χ1) is 14.1. The molecule has 3 aromatic rings. The summed E-state index contributed by atoms with van der Waals surface area (Å²) in [5.41, 5.74) is 1.89. The van der Waals surface area contributed by atoms with Gasteiger partial charge in [-0.05, 0) is 44.0 Å². The first kappa shape index (κ1) is 19.7. The lowest BCUT2D eigenvalue weighted by atomic mass is 10.2. The molecule has 0 radical (unpaired) electrons. The molecule has 0 aliphatic carbocycles. The van der Waals surface area contributed by atoms with E-state index in [2.05, 4.69) is 9.88 Å². The Balaban J connectivity index is 1.52. The number of hydrogen-bond donors (Lipinski definition) is 1. The number of aromatic nitrogens is 2. The first-order valence-corrected chi connectivity index (χ1v) is 10.3. The largest absolute Gasteiger partial charge is 0.490 e. The zero-order chi connectivity index (χ0) is 20.2. The number of amides is 1. The van der Waals surface area contributed by atoms with Crippen LogP contribution in [-0.2, 0) is 16.1 Å². The van der Waals surface area contributed by atoms with Gasteiger partial charge in [0.1, 0.15) is 24.3 Å². The number of nitrogens with one attached hydrogen (secondary N) is 1. The van der Waals surface area contributed by atoms with Gasteiger partial charge in [0.15, 0.2) is 0 Å². The minimum absolute atomic E-state index is 0.0825. The Morgan fingerprint density at radius 3 is 2.90 bits per heavy atom. The van der Waals surface area contributed by atoms with Crippen LogP contribution in [0.4, 0.5) is 0 Å². The van der Waals surface area contributed by atoms with Gasteiger partial charge in [0.25, 0.3) is 0 Å². The van der Waals surface area contributed by atoms with Crippen LogP contribution in [0.15, 0.2) is 48.5 Å². The molecule has 152 valence electrons. The standard InChI is InChI=1S/C22H24ClN3O3/c1-15(24-22(27)20-11-6-13-28-20)21-25-17-8-3-4-9-18(17)26(21)12-14-29-19-10-5-2-7-16(19)23/h2-5,7-10,15,20H,6,11-14H2,1H3,(H,24,27). The van der Waals surface area contributed by atoms with E-state index < -0.39 is 0 Å². The number of imidazole rings is 1. The highest BCUT2D eigenvalue weighted by Gasteiger charge is 2.26. The molecule has 2 aromatic carbocycles. The summed E-state index contributed by atoms with van der Waals surface area (Å²) in [5, 5.41) is 3.63. The maximum Gasteiger partial charge on any atom is 0.249 e. The zero-order valence-electron chi connectivity index (χ0n) is 16.3. The number of ether oxygens (including phenoxy) is 2. The molecular weight excluding hydrogens is 390 g/mol. The van der Waals surface area contributed by atoms with Gasteiger partial charge >= 0.3 is 0 Å². The molecule has 1 aliphatic rings. The van der Waals surface area contributed by atoms with Crippen LogP contribution >= 0.6 is 11.6 Å². The van der Waals surface area contributed by atoms with Gasteiger partial charge in [0.2, 0.25) is 5.91 Å². The van der Waals surface area contributed by atoms with E-state index in [0.717, 1.165) is 29.7 Å². The zero-order valence-corrected chi connectivity index (χ0v) is 17.1. The third-order valence-corrected chi connectivity index (χ3v) is 5.37. The Kier molecular flexibility index (Phi) is 6.02. The summed E-state index contributed by atoms with van der Waals surface area (Å²) in [6.07, 6.45) is 1.32. The van der Waals surface area contributed by atoms with Crippen molar-refractivity contribution in [2.75, 3.05) is 13.2 Å². The Morgan fingerprint density at radius 2 is 2.10 bits per heavy atom. The molecule has 0 bridgehead atoms. The van der Waals surface area contributed by atoms with Crippen LogP contribution in [0, 0.1) is 0 Å². The second kappa shape index (κ2) is 8.84. The number of para-hydroxylation sites is 3. The van der Waals surface area contributed by atoms with Crippen LogP contribution in [0.1, 0.15) is 31.6 Å². The number of halogens is 1. The Labute approximate surface area is 174 Å². The van der Waals surface area contributed by atoms with E-state index in [-0.39, 0.29) is 18.1 Å². The summed E-state index contributed by atoms with van der Waals surface area (Å²) in [6, 6.07) is 15.1. The number of fused-ring (bicyclic) bond motifs is 1. The summed E-state index contributed by atoms with van der Waals surface area (Å²) >= 11 is 6.18. The minimum atomic E-state index is -0.362. The fraction of sp³-hybridized carbons (Fsp3) is 0.364. The maximum absolute atomic E-state index is 12.5. The molecule has 1 aromatic heterocycles. The van der Waals surface area contributed by atoms with Crippen molar-refractivity contribution in [1.29, 1.82) is 0 Å². The second-order valence-electron chi connectivity index (χ2n) is 7.12. The summed E-state index contributed by atoms with van der Waals surface area (Å²) in [4.78, 5) is 17.2. The molecule has 7 heteroatoms. The molecule has 2 heterocycles. The number of rotatable bonds is 7. The Bertz CT molecular complexity index is 998.